The fraction of sp³-hybridized carbons (Fsp3) is 0.600. The molecule has 1 saturated heterocycles. The van der Waals surface area contributed by atoms with E-state index in [2.05, 4.69) is 10.6 Å². The second-order valence-corrected chi connectivity index (χ2v) is 2.92. The molecule has 0 saturated carbocycles. The lowest BCUT2D eigenvalue weighted by molar-refractivity contribution is -0.120. The van der Waals surface area contributed by atoms with Crippen LogP contribution in [0.3, 0.4) is 0 Å². The second-order valence-electron chi connectivity index (χ2n) is 2.17. The van der Waals surface area contributed by atoms with Crippen LogP contribution >= 0.6 is 11.9 Å². The van der Waals surface area contributed by atoms with Crippen molar-refractivity contribution in [1.29, 1.82) is 0 Å². The third-order valence-corrected chi connectivity index (χ3v) is 1.85. The van der Waals surface area contributed by atoms with Crippen molar-refractivity contribution in [1.82, 2.24) is 10.6 Å². The molecule has 6 heteroatoms. The van der Waals surface area contributed by atoms with Gasteiger partial charge in [0.05, 0.1) is 0 Å². The number of hydrogen-bond donors (Lipinski definition) is 3. The van der Waals surface area contributed by atoms with Crippen LogP contribution in [-0.2, 0) is 4.79 Å². The fourth-order valence-electron chi connectivity index (χ4n) is 0.848. The van der Waals surface area contributed by atoms with Gasteiger partial charge < -0.3 is 5.32 Å². The van der Waals surface area contributed by atoms with Crippen molar-refractivity contribution in [2.75, 3.05) is 5.75 Å². The molecule has 0 aromatic rings. The molecule has 5 nitrogen and oxygen atoms in total. The Morgan fingerprint density at radius 2 is 2.27 bits per heavy atom. The minimum absolute atomic E-state index is 0.260. The van der Waals surface area contributed by atoms with Crippen molar-refractivity contribution < 1.29 is 9.59 Å². The van der Waals surface area contributed by atoms with Gasteiger partial charge in [-0.05, 0) is 6.42 Å². The molecular weight excluding hydrogens is 166 g/mol. The number of nitrogens with two attached hydrogens (primary N) is 1. The Morgan fingerprint density at radius 1 is 1.55 bits per heavy atom. The summed E-state index contributed by atoms with van der Waals surface area (Å²) in [5.41, 5.74) is 0. The molecule has 1 fully saturated rings. The van der Waals surface area contributed by atoms with Crippen LogP contribution < -0.4 is 15.8 Å². The largest absolute Gasteiger partial charge is 0.326 e. The van der Waals surface area contributed by atoms with E-state index in [1.165, 1.54) is 0 Å². The lowest BCUT2D eigenvalue weighted by Gasteiger charge is -2.03. The Kier molecular flexibility index (Phi) is 2.72. The number of amides is 3. The van der Waals surface area contributed by atoms with Gasteiger partial charge in [0.15, 0.2) is 0 Å². The van der Waals surface area contributed by atoms with E-state index < -0.39 is 12.1 Å². The molecule has 1 rings (SSSR count). The highest BCUT2D eigenvalue weighted by Gasteiger charge is 2.28. The summed E-state index contributed by atoms with van der Waals surface area (Å²) in [6.07, 6.45) is 0.582. The molecule has 0 aromatic carbocycles. The summed E-state index contributed by atoms with van der Waals surface area (Å²) in [4.78, 5) is 21.4. The average Bonchev–Trinajstić information content (AvgIpc) is 2.26. The molecule has 0 aromatic heterocycles. The summed E-state index contributed by atoms with van der Waals surface area (Å²) >= 11 is 1.16. The summed E-state index contributed by atoms with van der Waals surface area (Å²) in [7, 11) is 0. The Morgan fingerprint density at radius 3 is 2.73 bits per heavy atom. The molecule has 4 N–H and O–H groups in total. The number of hydrogen-bond acceptors (Lipinski definition) is 4. The Bertz CT molecular complexity index is 185. The van der Waals surface area contributed by atoms with Crippen molar-refractivity contribution in [3.05, 3.63) is 0 Å². The first-order valence-corrected chi connectivity index (χ1v) is 4.22. The van der Waals surface area contributed by atoms with Crippen LogP contribution in [0, 0.1) is 0 Å². The molecular formula is C5H9N3O2S. The SMILES string of the molecule is NSCCC1NC(=O)NC1=O. The highest BCUT2D eigenvalue weighted by molar-refractivity contribution is 7.97. The van der Waals surface area contributed by atoms with E-state index in [-0.39, 0.29) is 5.91 Å². The van der Waals surface area contributed by atoms with Gasteiger partial charge in [-0.3, -0.25) is 15.3 Å². The van der Waals surface area contributed by atoms with Gasteiger partial charge >= 0.3 is 6.03 Å². The van der Waals surface area contributed by atoms with Crippen LogP contribution in [-0.4, -0.2) is 23.7 Å². The third kappa shape index (κ3) is 2.09. The molecule has 0 radical (unpaired) electrons. The average molecular weight is 175 g/mol. The number of rotatable bonds is 3. The molecule has 0 aliphatic carbocycles. The maximum absolute atomic E-state index is 10.8. The van der Waals surface area contributed by atoms with E-state index >= 15 is 0 Å². The summed E-state index contributed by atoms with van der Waals surface area (Å²) in [6.45, 7) is 0. The number of carbonyl (C=O) groups excluding carboxylic acids is 2. The zero-order valence-corrected chi connectivity index (χ0v) is 6.61. The van der Waals surface area contributed by atoms with Crippen molar-refractivity contribution in [3.8, 4) is 0 Å². The maximum Gasteiger partial charge on any atom is 0.322 e. The highest BCUT2D eigenvalue weighted by atomic mass is 32.2. The van der Waals surface area contributed by atoms with E-state index in [0.29, 0.717) is 12.2 Å². The van der Waals surface area contributed by atoms with Gasteiger partial charge in [0.2, 0.25) is 0 Å². The van der Waals surface area contributed by atoms with Gasteiger partial charge in [0, 0.05) is 5.75 Å². The predicted octanol–water partition coefficient (Wildman–Crippen LogP) is -0.809. The minimum atomic E-state index is -0.415. The Hall–Kier alpha value is -0.750. The van der Waals surface area contributed by atoms with Gasteiger partial charge in [-0.1, -0.05) is 11.9 Å². The number of carbonyl (C=O) groups is 2. The molecule has 62 valence electrons. The first-order chi connectivity index (χ1) is 5.24. The summed E-state index contributed by atoms with van der Waals surface area (Å²) in [5, 5.41) is 9.77. The van der Waals surface area contributed by atoms with Crippen molar-refractivity contribution >= 4 is 23.9 Å². The number of urea groups is 1. The zero-order valence-electron chi connectivity index (χ0n) is 5.79. The number of nitrogens with one attached hydrogen (secondary N) is 2. The van der Waals surface area contributed by atoms with Crippen molar-refractivity contribution in [2.45, 2.75) is 12.5 Å². The van der Waals surface area contributed by atoms with Crippen LogP contribution in [0.25, 0.3) is 0 Å². The molecule has 1 aliphatic rings. The van der Waals surface area contributed by atoms with Crippen LogP contribution in [0.5, 0.6) is 0 Å². The smallest absolute Gasteiger partial charge is 0.322 e. The molecule has 0 bridgehead atoms. The Balaban J connectivity index is 2.34. The van der Waals surface area contributed by atoms with Gasteiger partial charge in [-0.15, -0.1) is 0 Å². The number of imide groups is 1. The molecule has 1 unspecified atom stereocenters. The summed E-state index contributed by atoms with van der Waals surface area (Å²) in [6, 6.07) is -0.805. The lowest BCUT2D eigenvalue weighted by Crippen LogP contribution is -2.29. The maximum atomic E-state index is 10.8. The van der Waals surface area contributed by atoms with E-state index in [0.717, 1.165) is 11.9 Å². The Labute approximate surface area is 68.2 Å². The molecule has 1 heterocycles. The first kappa shape index (κ1) is 8.35. The predicted molar refractivity (Wildman–Crippen MR) is 41.7 cm³/mol. The molecule has 1 atom stereocenters. The van der Waals surface area contributed by atoms with E-state index in [1.807, 2.05) is 0 Å². The van der Waals surface area contributed by atoms with E-state index in [9.17, 15) is 9.59 Å². The zero-order chi connectivity index (χ0) is 8.27. The highest BCUT2D eigenvalue weighted by Crippen LogP contribution is 2.01. The van der Waals surface area contributed by atoms with Crippen LogP contribution in [0.4, 0.5) is 4.79 Å². The van der Waals surface area contributed by atoms with E-state index in [4.69, 9.17) is 5.14 Å². The first-order valence-electron chi connectivity index (χ1n) is 3.17. The molecule has 11 heavy (non-hydrogen) atoms. The van der Waals surface area contributed by atoms with Gasteiger partial charge in [0.25, 0.3) is 5.91 Å². The quantitative estimate of drug-likeness (QED) is 0.387. The van der Waals surface area contributed by atoms with Crippen LogP contribution in [0.1, 0.15) is 6.42 Å². The summed E-state index contributed by atoms with van der Waals surface area (Å²) in [5.74, 6) is 0.405. The van der Waals surface area contributed by atoms with E-state index in [1.54, 1.807) is 0 Å². The fourth-order valence-corrected chi connectivity index (χ4v) is 1.22. The van der Waals surface area contributed by atoms with Crippen LogP contribution in [0.2, 0.25) is 0 Å². The van der Waals surface area contributed by atoms with Gasteiger partial charge in [-0.2, -0.15) is 0 Å². The van der Waals surface area contributed by atoms with Crippen molar-refractivity contribution in [3.63, 3.8) is 0 Å². The van der Waals surface area contributed by atoms with Crippen LogP contribution in [0.15, 0.2) is 0 Å². The third-order valence-electron chi connectivity index (χ3n) is 1.38. The minimum Gasteiger partial charge on any atom is -0.326 e. The second kappa shape index (κ2) is 3.59. The van der Waals surface area contributed by atoms with Gasteiger partial charge in [-0.25, -0.2) is 4.79 Å². The topological polar surface area (TPSA) is 84.2 Å². The standard InChI is InChI=1S/C5H9N3O2S/c6-11-2-1-3-4(9)8-5(10)7-3/h3H,1-2,6H2,(H2,7,8,9,10). The summed E-state index contributed by atoms with van der Waals surface area (Å²) < 4.78 is 0. The molecule has 0 spiro atoms. The van der Waals surface area contributed by atoms with Gasteiger partial charge in [0.1, 0.15) is 6.04 Å². The monoisotopic (exact) mass is 175 g/mol. The van der Waals surface area contributed by atoms with Crippen molar-refractivity contribution in [2.24, 2.45) is 5.14 Å². The normalized spacial score (nSPS) is 23.2. The lowest BCUT2D eigenvalue weighted by atomic mass is 10.2. The molecule has 1 aliphatic heterocycles. The molecule has 3 amide bonds.